The summed E-state index contributed by atoms with van der Waals surface area (Å²) in [4.78, 5) is 4.67. The second kappa shape index (κ2) is 6.95. The van der Waals surface area contributed by atoms with Crippen molar-refractivity contribution in [3.05, 3.63) is 59.7 Å². The largest absolute Gasteiger partial charge is 0.255 e. The minimum absolute atomic E-state index is 0.177. The molecule has 0 aliphatic heterocycles. The molecule has 0 bridgehead atoms. The molecule has 26 heavy (non-hydrogen) atoms. The van der Waals surface area contributed by atoms with E-state index in [4.69, 9.17) is 0 Å². The van der Waals surface area contributed by atoms with Gasteiger partial charge in [0.2, 0.25) is 0 Å². The van der Waals surface area contributed by atoms with Crippen molar-refractivity contribution in [3.8, 4) is 0 Å². The van der Waals surface area contributed by atoms with E-state index < -0.39 is 9.84 Å². The van der Waals surface area contributed by atoms with Crippen molar-refractivity contribution in [1.29, 1.82) is 0 Å². The minimum atomic E-state index is -3.27. The van der Waals surface area contributed by atoms with Gasteiger partial charge in [-0.3, -0.25) is 4.98 Å². The lowest BCUT2D eigenvalue weighted by atomic mass is 9.78. The number of hydrogen-bond donors (Lipinski definition) is 0. The molecule has 1 aromatic heterocycles. The number of hydrogen-bond acceptors (Lipinski definition) is 3. The first-order valence-electron chi connectivity index (χ1n) is 8.92. The van der Waals surface area contributed by atoms with E-state index in [-0.39, 0.29) is 16.1 Å². The Hall–Kier alpha value is -2.01. The number of sulfone groups is 1. The van der Waals surface area contributed by atoms with Gasteiger partial charge >= 0.3 is 0 Å². The summed E-state index contributed by atoms with van der Waals surface area (Å²) < 4.78 is 36.7. The van der Waals surface area contributed by atoms with Crippen molar-refractivity contribution in [2.45, 2.75) is 44.4 Å². The lowest BCUT2D eigenvalue weighted by molar-refractivity contribution is 0.291. The first-order chi connectivity index (χ1) is 12.3. The van der Waals surface area contributed by atoms with Gasteiger partial charge in [0.1, 0.15) is 5.82 Å². The third kappa shape index (κ3) is 3.58. The summed E-state index contributed by atoms with van der Waals surface area (Å²) in [6, 6.07) is 10.0. The Morgan fingerprint density at radius 2 is 1.62 bits per heavy atom. The summed E-state index contributed by atoms with van der Waals surface area (Å²) in [7, 11) is -3.27. The zero-order valence-electron chi connectivity index (χ0n) is 15.4. The molecule has 5 heteroatoms. The third-order valence-corrected chi connectivity index (χ3v) is 6.73. The maximum Gasteiger partial charge on any atom is 0.177 e. The van der Waals surface area contributed by atoms with Gasteiger partial charge in [-0.1, -0.05) is 26.0 Å². The number of aromatic nitrogens is 1. The van der Waals surface area contributed by atoms with Gasteiger partial charge in [-0.25, -0.2) is 12.8 Å². The first-order valence-corrected chi connectivity index (χ1v) is 10.8. The quantitative estimate of drug-likeness (QED) is 0.729. The molecule has 2 aromatic rings. The van der Waals surface area contributed by atoms with Crippen LogP contribution in [0.4, 0.5) is 4.39 Å². The van der Waals surface area contributed by atoms with Gasteiger partial charge in [0.05, 0.1) is 10.6 Å². The molecule has 0 radical (unpaired) electrons. The second-order valence-electron chi connectivity index (χ2n) is 7.18. The van der Waals surface area contributed by atoms with Crippen LogP contribution in [0.1, 0.15) is 50.8 Å². The van der Waals surface area contributed by atoms with Crippen molar-refractivity contribution in [2.24, 2.45) is 5.41 Å². The lowest BCUT2D eigenvalue weighted by Crippen LogP contribution is -2.14. The van der Waals surface area contributed by atoms with Crippen LogP contribution in [0.15, 0.2) is 47.5 Å². The van der Waals surface area contributed by atoms with Crippen LogP contribution in [0, 0.1) is 11.2 Å². The van der Waals surface area contributed by atoms with Gasteiger partial charge in [0, 0.05) is 12.5 Å². The first kappa shape index (κ1) is 18.8. The maximum absolute atomic E-state index is 13.3. The second-order valence-corrected chi connectivity index (χ2v) is 9.19. The van der Waals surface area contributed by atoms with E-state index in [1.807, 2.05) is 12.1 Å². The van der Waals surface area contributed by atoms with E-state index in [0.717, 1.165) is 42.5 Å². The van der Waals surface area contributed by atoms with Crippen molar-refractivity contribution in [3.63, 3.8) is 0 Å². The standard InChI is InChI=1S/C21H24FNO2S/c1-4-21(5-2)12-18(15-6-8-16(22)9-7-15)19(13-21)20-11-10-17(14-23-20)26(3,24)25/h6-11,14H,4-5,12-13H2,1-3H3. The van der Waals surface area contributed by atoms with E-state index >= 15 is 0 Å². The van der Waals surface area contributed by atoms with Crippen molar-refractivity contribution < 1.29 is 12.8 Å². The molecule has 0 saturated carbocycles. The van der Waals surface area contributed by atoms with Gasteiger partial charge in [-0.05, 0) is 72.1 Å². The van der Waals surface area contributed by atoms with Crippen molar-refractivity contribution in [2.75, 3.05) is 6.26 Å². The van der Waals surface area contributed by atoms with Crippen LogP contribution in [0.2, 0.25) is 0 Å². The van der Waals surface area contributed by atoms with E-state index in [1.54, 1.807) is 12.1 Å². The van der Waals surface area contributed by atoms with E-state index in [9.17, 15) is 12.8 Å². The number of halogens is 1. The van der Waals surface area contributed by atoms with Crippen molar-refractivity contribution >= 4 is 21.0 Å². The molecule has 0 atom stereocenters. The van der Waals surface area contributed by atoms with E-state index in [1.165, 1.54) is 30.2 Å². The molecule has 0 unspecified atom stereocenters. The van der Waals surface area contributed by atoms with Crippen LogP contribution in [0.3, 0.4) is 0 Å². The molecule has 1 aliphatic carbocycles. The fourth-order valence-corrected chi connectivity index (χ4v) is 4.29. The molecule has 0 spiro atoms. The predicted molar refractivity (Wildman–Crippen MR) is 103 cm³/mol. The average Bonchev–Trinajstić information content (AvgIpc) is 3.02. The van der Waals surface area contributed by atoms with Crippen LogP contribution in [-0.4, -0.2) is 19.7 Å². The molecular formula is C21H24FNO2S. The summed E-state index contributed by atoms with van der Waals surface area (Å²) in [5.41, 5.74) is 4.32. The van der Waals surface area contributed by atoms with E-state index in [0.29, 0.717) is 0 Å². The molecule has 138 valence electrons. The van der Waals surface area contributed by atoms with Crippen LogP contribution >= 0.6 is 0 Å². The molecule has 3 rings (SSSR count). The zero-order valence-corrected chi connectivity index (χ0v) is 16.2. The number of allylic oxidation sites excluding steroid dienone is 2. The van der Waals surface area contributed by atoms with Crippen LogP contribution in [-0.2, 0) is 9.84 Å². The Labute approximate surface area is 154 Å². The smallest absolute Gasteiger partial charge is 0.177 e. The molecule has 1 aliphatic rings. The highest BCUT2D eigenvalue weighted by atomic mass is 32.2. The summed E-state index contributed by atoms with van der Waals surface area (Å²) in [6.45, 7) is 4.41. The van der Waals surface area contributed by atoms with Crippen LogP contribution in [0.25, 0.3) is 11.1 Å². The predicted octanol–water partition coefficient (Wildman–Crippen LogP) is 5.14. The summed E-state index contributed by atoms with van der Waals surface area (Å²) in [5.74, 6) is -0.248. The molecule has 3 nitrogen and oxygen atoms in total. The summed E-state index contributed by atoms with van der Waals surface area (Å²) >= 11 is 0. The monoisotopic (exact) mass is 373 g/mol. The lowest BCUT2D eigenvalue weighted by Gasteiger charge is -2.26. The molecule has 0 amide bonds. The molecule has 0 saturated heterocycles. The molecular weight excluding hydrogens is 349 g/mol. The SMILES string of the molecule is CCC1(CC)CC(c2ccc(F)cc2)=C(c2ccc(S(C)(=O)=O)cn2)C1. The molecule has 1 aromatic carbocycles. The molecule has 0 N–H and O–H groups in total. The Kier molecular flexibility index (Phi) is 5.02. The topological polar surface area (TPSA) is 47.0 Å². The van der Waals surface area contributed by atoms with Gasteiger partial charge < -0.3 is 0 Å². The van der Waals surface area contributed by atoms with E-state index in [2.05, 4.69) is 18.8 Å². The van der Waals surface area contributed by atoms with Crippen molar-refractivity contribution in [1.82, 2.24) is 4.98 Å². The Morgan fingerprint density at radius 1 is 1.00 bits per heavy atom. The van der Waals surface area contributed by atoms with Crippen LogP contribution in [0.5, 0.6) is 0 Å². The number of nitrogens with zero attached hydrogens (tertiary/aromatic N) is 1. The number of benzene rings is 1. The molecule has 0 fully saturated rings. The van der Waals surface area contributed by atoms with Gasteiger partial charge in [0.25, 0.3) is 0 Å². The maximum atomic E-state index is 13.3. The average molecular weight is 373 g/mol. The normalized spacial score (nSPS) is 16.9. The molecule has 1 heterocycles. The fraction of sp³-hybridized carbons (Fsp3) is 0.381. The fourth-order valence-electron chi connectivity index (χ4n) is 3.73. The van der Waals surface area contributed by atoms with Crippen LogP contribution < -0.4 is 0 Å². The Bertz CT molecular complexity index is 925. The third-order valence-electron chi connectivity index (χ3n) is 5.63. The highest BCUT2D eigenvalue weighted by Crippen LogP contribution is 2.53. The number of rotatable bonds is 5. The van der Waals surface area contributed by atoms with Gasteiger partial charge in [-0.2, -0.15) is 0 Å². The minimum Gasteiger partial charge on any atom is -0.255 e. The Morgan fingerprint density at radius 3 is 2.12 bits per heavy atom. The summed E-state index contributed by atoms with van der Waals surface area (Å²) in [6.07, 6.45) is 6.55. The number of pyridine rings is 1. The highest BCUT2D eigenvalue weighted by molar-refractivity contribution is 7.90. The van der Waals surface area contributed by atoms with Gasteiger partial charge in [-0.15, -0.1) is 0 Å². The summed E-state index contributed by atoms with van der Waals surface area (Å²) in [5, 5.41) is 0. The zero-order chi connectivity index (χ0) is 18.9. The van der Waals surface area contributed by atoms with Gasteiger partial charge in [0.15, 0.2) is 9.84 Å². The highest BCUT2D eigenvalue weighted by Gasteiger charge is 2.37. The Balaban J connectivity index is 2.09.